The van der Waals surface area contributed by atoms with Crippen LogP contribution in [0.25, 0.3) is 21.7 Å². The third kappa shape index (κ3) is 1.36. The van der Waals surface area contributed by atoms with Crippen molar-refractivity contribution in [3.8, 4) is 0 Å². The molecule has 82 valence electrons. The maximum atomic E-state index is 2.38. The molecule has 0 spiro atoms. The van der Waals surface area contributed by atoms with E-state index < -0.39 is 0 Å². The first-order chi connectivity index (χ1) is 8.42. The fourth-order valence-corrected chi connectivity index (χ4v) is 3.60. The number of hydrogen-bond donors (Lipinski definition) is 0. The van der Waals surface area contributed by atoms with E-state index >= 15 is 0 Å². The molecule has 0 N–H and O–H groups in total. The van der Waals surface area contributed by atoms with E-state index in [1.807, 2.05) is 11.3 Å². The Balaban J connectivity index is 2.18. The molecule has 1 aromatic carbocycles. The minimum absolute atomic E-state index is 0.587. The Morgan fingerprint density at radius 1 is 1.18 bits per heavy atom. The Hall–Kier alpha value is -1.60. The Morgan fingerprint density at radius 3 is 3.18 bits per heavy atom. The van der Waals surface area contributed by atoms with Gasteiger partial charge in [0.1, 0.15) is 0 Å². The van der Waals surface area contributed by atoms with Crippen LogP contribution in [-0.4, -0.2) is 0 Å². The summed E-state index contributed by atoms with van der Waals surface area (Å²) in [5.74, 6) is 0.587. The van der Waals surface area contributed by atoms with E-state index in [2.05, 4.69) is 54.0 Å². The van der Waals surface area contributed by atoms with Crippen molar-refractivity contribution < 1.29 is 0 Å². The SMILES string of the molecule is C1=CC2=c3cc4ccsc4cc3=CCC2C=C1. The van der Waals surface area contributed by atoms with Crippen LogP contribution < -0.4 is 10.4 Å². The lowest BCUT2D eigenvalue weighted by Crippen LogP contribution is -2.32. The summed E-state index contributed by atoms with van der Waals surface area (Å²) in [6, 6.07) is 6.90. The molecule has 1 heterocycles. The smallest absolute Gasteiger partial charge is 0.0348 e. The van der Waals surface area contributed by atoms with Gasteiger partial charge in [-0.1, -0.05) is 30.4 Å². The van der Waals surface area contributed by atoms with Gasteiger partial charge in [-0.2, -0.15) is 0 Å². The van der Waals surface area contributed by atoms with Crippen LogP contribution in [0.2, 0.25) is 0 Å². The quantitative estimate of drug-likeness (QED) is 0.659. The highest BCUT2D eigenvalue weighted by Crippen LogP contribution is 2.25. The second-order valence-electron chi connectivity index (χ2n) is 4.64. The molecule has 1 heteroatoms. The molecule has 4 rings (SSSR count). The van der Waals surface area contributed by atoms with Crippen LogP contribution in [0.1, 0.15) is 6.42 Å². The molecule has 1 aromatic heterocycles. The van der Waals surface area contributed by atoms with Crippen LogP contribution in [0.3, 0.4) is 0 Å². The highest BCUT2D eigenvalue weighted by atomic mass is 32.1. The normalized spacial score (nSPS) is 21.2. The van der Waals surface area contributed by atoms with Crippen molar-refractivity contribution in [2.24, 2.45) is 5.92 Å². The Morgan fingerprint density at radius 2 is 2.18 bits per heavy atom. The summed E-state index contributed by atoms with van der Waals surface area (Å²) in [6.45, 7) is 0. The van der Waals surface area contributed by atoms with Crippen LogP contribution in [0, 0.1) is 5.92 Å². The van der Waals surface area contributed by atoms with Gasteiger partial charge in [-0.15, -0.1) is 11.3 Å². The van der Waals surface area contributed by atoms with Gasteiger partial charge in [0.05, 0.1) is 0 Å². The van der Waals surface area contributed by atoms with Crippen molar-refractivity contribution in [1.82, 2.24) is 0 Å². The first kappa shape index (κ1) is 9.43. The fraction of sp³-hybridized carbons (Fsp3) is 0.125. The minimum atomic E-state index is 0.587. The Kier molecular flexibility index (Phi) is 1.91. The lowest BCUT2D eigenvalue weighted by atomic mass is 9.86. The highest BCUT2D eigenvalue weighted by molar-refractivity contribution is 7.17. The lowest BCUT2D eigenvalue weighted by molar-refractivity contribution is 0.864. The van der Waals surface area contributed by atoms with Gasteiger partial charge in [0, 0.05) is 10.6 Å². The van der Waals surface area contributed by atoms with E-state index in [0.717, 1.165) is 6.42 Å². The van der Waals surface area contributed by atoms with E-state index in [1.54, 1.807) is 0 Å². The van der Waals surface area contributed by atoms with E-state index in [1.165, 1.54) is 26.1 Å². The van der Waals surface area contributed by atoms with Gasteiger partial charge < -0.3 is 0 Å². The zero-order valence-corrected chi connectivity index (χ0v) is 10.2. The molecular weight excluding hydrogens is 224 g/mol. The number of thiophene rings is 1. The summed E-state index contributed by atoms with van der Waals surface area (Å²) in [5.41, 5.74) is 1.48. The first-order valence-electron chi connectivity index (χ1n) is 5.98. The molecule has 0 fully saturated rings. The molecule has 1 atom stereocenters. The van der Waals surface area contributed by atoms with Crippen molar-refractivity contribution in [2.75, 3.05) is 0 Å². The van der Waals surface area contributed by atoms with Gasteiger partial charge >= 0.3 is 0 Å². The molecule has 0 nitrogen and oxygen atoms in total. The maximum absolute atomic E-state index is 2.38. The van der Waals surface area contributed by atoms with Crippen molar-refractivity contribution in [1.29, 1.82) is 0 Å². The van der Waals surface area contributed by atoms with Crippen LogP contribution >= 0.6 is 11.3 Å². The molecule has 1 unspecified atom stereocenters. The summed E-state index contributed by atoms with van der Waals surface area (Å²) in [5, 5.41) is 6.38. The lowest BCUT2D eigenvalue weighted by Gasteiger charge is -2.19. The predicted octanol–water partition coefficient (Wildman–Crippen LogP) is 2.98. The molecule has 2 aromatic rings. The van der Waals surface area contributed by atoms with E-state index in [0.29, 0.717) is 5.92 Å². The topological polar surface area (TPSA) is 0 Å². The van der Waals surface area contributed by atoms with Gasteiger partial charge in [-0.3, -0.25) is 0 Å². The van der Waals surface area contributed by atoms with Crippen LogP contribution in [0.4, 0.5) is 0 Å². The molecular formula is C16H12S. The van der Waals surface area contributed by atoms with Crippen molar-refractivity contribution in [3.63, 3.8) is 0 Å². The second-order valence-corrected chi connectivity index (χ2v) is 5.59. The third-order valence-corrected chi connectivity index (χ3v) is 4.54. The number of allylic oxidation sites excluding steroid dienone is 4. The molecule has 2 aliphatic rings. The van der Waals surface area contributed by atoms with E-state index in [-0.39, 0.29) is 0 Å². The molecule has 0 amide bonds. The average molecular weight is 236 g/mol. The van der Waals surface area contributed by atoms with Gasteiger partial charge in [0.15, 0.2) is 0 Å². The fourth-order valence-electron chi connectivity index (χ4n) is 2.78. The molecule has 2 aliphatic carbocycles. The summed E-state index contributed by atoms with van der Waals surface area (Å²) in [6.07, 6.45) is 12.4. The van der Waals surface area contributed by atoms with Gasteiger partial charge in [0.2, 0.25) is 0 Å². The van der Waals surface area contributed by atoms with Crippen LogP contribution in [0.5, 0.6) is 0 Å². The van der Waals surface area contributed by atoms with E-state index in [9.17, 15) is 0 Å². The third-order valence-electron chi connectivity index (χ3n) is 3.66. The number of rotatable bonds is 0. The van der Waals surface area contributed by atoms with Gasteiger partial charge in [0.25, 0.3) is 0 Å². The zero-order valence-electron chi connectivity index (χ0n) is 9.39. The molecule has 0 radical (unpaired) electrons. The van der Waals surface area contributed by atoms with Crippen molar-refractivity contribution >= 4 is 33.1 Å². The molecule has 0 saturated carbocycles. The minimum Gasteiger partial charge on any atom is -0.144 e. The monoisotopic (exact) mass is 236 g/mol. The summed E-state index contributed by atoms with van der Waals surface area (Å²) in [4.78, 5) is 0. The Bertz CT molecular complexity index is 771. The Labute approximate surface area is 104 Å². The van der Waals surface area contributed by atoms with Gasteiger partial charge in [-0.05, 0) is 51.4 Å². The predicted molar refractivity (Wildman–Crippen MR) is 75.3 cm³/mol. The number of hydrogen-bond acceptors (Lipinski definition) is 1. The number of benzene rings is 1. The van der Waals surface area contributed by atoms with Crippen molar-refractivity contribution in [2.45, 2.75) is 6.42 Å². The molecule has 17 heavy (non-hydrogen) atoms. The molecule has 0 bridgehead atoms. The van der Waals surface area contributed by atoms with E-state index in [4.69, 9.17) is 0 Å². The van der Waals surface area contributed by atoms with Crippen molar-refractivity contribution in [3.05, 3.63) is 58.3 Å². The molecule has 0 saturated heterocycles. The zero-order chi connectivity index (χ0) is 11.2. The first-order valence-corrected chi connectivity index (χ1v) is 6.86. The van der Waals surface area contributed by atoms with Crippen LogP contribution in [-0.2, 0) is 0 Å². The molecule has 0 aliphatic heterocycles. The maximum Gasteiger partial charge on any atom is 0.0348 e. The number of fused-ring (bicyclic) bond motifs is 3. The highest BCUT2D eigenvalue weighted by Gasteiger charge is 2.14. The second kappa shape index (κ2) is 3.44. The summed E-state index contributed by atoms with van der Waals surface area (Å²) >= 11 is 1.83. The van der Waals surface area contributed by atoms with Crippen LogP contribution in [0.15, 0.2) is 47.9 Å². The largest absolute Gasteiger partial charge is 0.144 e. The standard InChI is InChI=1S/C16H12S/c1-2-4-14-11(3-1)5-6-12-10-16-13(7-8-17-16)9-15(12)14/h1-4,6-11H,5H2. The average Bonchev–Trinajstić information content (AvgIpc) is 2.83. The van der Waals surface area contributed by atoms with Gasteiger partial charge in [-0.25, -0.2) is 0 Å². The summed E-state index contributed by atoms with van der Waals surface area (Å²) in [7, 11) is 0. The summed E-state index contributed by atoms with van der Waals surface area (Å²) < 4.78 is 1.40.